The number of esters is 1. The lowest BCUT2D eigenvalue weighted by Gasteiger charge is -2.39. The average molecular weight is 315 g/mol. The molecule has 2 aliphatic heterocycles. The molecule has 2 fully saturated rings. The number of ether oxygens (including phenoxy) is 3. The van der Waals surface area contributed by atoms with Crippen molar-refractivity contribution in [2.75, 3.05) is 13.7 Å². The number of methoxy groups -OCH3 is 1. The molecule has 1 N–H and O–H groups in total. The summed E-state index contributed by atoms with van der Waals surface area (Å²) in [7, 11) is 1.29. The zero-order valence-electron chi connectivity index (χ0n) is 13.7. The minimum absolute atomic E-state index is 0.0337. The SMILES string of the molecule is COC(=O)C(CC(C)C)N1C[C@@H](O)[C@H]2OC(C)(C)OC2C1=O. The summed E-state index contributed by atoms with van der Waals surface area (Å²) in [4.78, 5) is 26.1. The molecule has 2 rings (SSSR count). The molecule has 7 heteroatoms. The number of piperidine rings is 1. The average Bonchev–Trinajstić information content (AvgIpc) is 2.76. The van der Waals surface area contributed by atoms with Gasteiger partial charge in [-0.2, -0.15) is 0 Å². The van der Waals surface area contributed by atoms with Crippen molar-refractivity contribution >= 4 is 11.9 Å². The number of amides is 1. The van der Waals surface area contributed by atoms with Crippen molar-refractivity contribution in [3.63, 3.8) is 0 Å². The minimum Gasteiger partial charge on any atom is -0.467 e. The third-order valence-corrected chi connectivity index (χ3v) is 3.96. The fraction of sp³-hybridized carbons (Fsp3) is 0.867. The molecule has 0 spiro atoms. The van der Waals surface area contributed by atoms with Gasteiger partial charge in [-0.05, 0) is 26.2 Å². The van der Waals surface area contributed by atoms with Crippen LogP contribution in [-0.2, 0) is 23.8 Å². The number of hydrogen-bond donors (Lipinski definition) is 1. The first-order chi connectivity index (χ1) is 10.2. The zero-order valence-corrected chi connectivity index (χ0v) is 13.7. The highest BCUT2D eigenvalue weighted by Crippen LogP contribution is 2.35. The van der Waals surface area contributed by atoms with Crippen LogP contribution in [0, 0.1) is 5.92 Å². The largest absolute Gasteiger partial charge is 0.467 e. The molecule has 0 aliphatic carbocycles. The minimum atomic E-state index is -0.930. The summed E-state index contributed by atoms with van der Waals surface area (Å²) in [5.41, 5.74) is 0. The molecular weight excluding hydrogens is 290 g/mol. The van der Waals surface area contributed by atoms with E-state index in [1.54, 1.807) is 13.8 Å². The summed E-state index contributed by atoms with van der Waals surface area (Å²) in [6, 6.07) is -0.722. The summed E-state index contributed by atoms with van der Waals surface area (Å²) >= 11 is 0. The van der Waals surface area contributed by atoms with Crippen LogP contribution >= 0.6 is 0 Å². The maximum Gasteiger partial charge on any atom is 0.328 e. The molecule has 126 valence electrons. The smallest absolute Gasteiger partial charge is 0.328 e. The van der Waals surface area contributed by atoms with Crippen LogP contribution in [0.2, 0.25) is 0 Å². The monoisotopic (exact) mass is 315 g/mol. The van der Waals surface area contributed by atoms with Crippen molar-refractivity contribution in [3.05, 3.63) is 0 Å². The molecule has 0 saturated carbocycles. The first kappa shape index (κ1) is 17.2. The summed E-state index contributed by atoms with van der Waals surface area (Å²) in [5.74, 6) is -1.55. The number of fused-ring (bicyclic) bond motifs is 1. The lowest BCUT2D eigenvalue weighted by Crippen LogP contribution is -2.62. The van der Waals surface area contributed by atoms with Crippen LogP contribution in [0.25, 0.3) is 0 Å². The molecular formula is C15H25NO6. The number of hydrogen-bond acceptors (Lipinski definition) is 6. The molecule has 2 saturated heterocycles. The predicted molar refractivity (Wildman–Crippen MR) is 76.8 cm³/mol. The van der Waals surface area contributed by atoms with Gasteiger partial charge in [0.05, 0.1) is 13.7 Å². The standard InChI is InChI=1S/C15H25NO6/c1-8(2)6-9(14(19)20-5)16-7-10(17)11-12(13(16)18)22-15(3,4)21-11/h8-12,17H,6-7H2,1-5H3/t9?,10-,11-,12?/m1/s1. The summed E-state index contributed by atoms with van der Waals surface area (Å²) in [6.45, 7) is 7.35. The third kappa shape index (κ3) is 3.26. The maximum absolute atomic E-state index is 12.7. The highest BCUT2D eigenvalue weighted by atomic mass is 16.8. The Labute approximate surface area is 130 Å². The van der Waals surface area contributed by atoms with Crippen LogP contribution in [0.15, 0.2) is 0 Å². The van der Waals surface area contributed by atoms with E-state index >= 15 is 0 Å². The van der Waals surface area contributed by atoms with Crippen molar-refractivity contribution in [1.29, 1.82) is 0 Å². The van der Waals surface area contributed by atoms with Crippen molar-refractivity contribution in [3.8, 4) is 0 Å². The molecule has 2 unspecified atom stereocenters. The van der Waals surface area contributed by atoms with E-state index in [1.165, 1.54) is 12.0 Å². The van der Waals surface area contributed by atoms with E-state index in [0.29, 0.717) is 6.42 Å². The molecule has 0 bridgehead atoms. The Balaban J connectivity index is 2.23. The van der Waals surface area contributed by atoms with Gasteiger partial charge in [-0.3, -0.25) is 4.79 Å². The second-order valence-corrected chi connectivity index (χ2v) is 6.75. The van der Waals surface area contributed by atoms with Gasteiger partial charge in [0.25, 0.3) is 5.91 Å². The van der Waals surface area contributed by atoms with Crippen LogP contribution in [0.1, 0.15) is 34.1 Å². The summed E-state index contributed by atoms with van der Waals surface area (Å²) in [5, 5.41) is 10.3. The van der Waals surface area contributed by atoms with Gasteiger partial charge in [-0.1, -0.05) is 13.8 Å². The molecule has 7 nitrogen and oxygen atoms in total. The van der Waals surface area contributed by atoms with Gasteiger partial charge in [-0.15, -0.1) is 0 Å². The van der Waals surface area contributed by atoms with E-state index in [4.69, 9.17) is 14.2 Å². The van der Waals surface area contributed by atoms with Crippen molar-refractivity contribution in [1.82, 2.24) is 4.90 Å². The number of aliphatic hydroxyl groups excluding tert-OH is 1. The molecule has 0 aromatic heterocycles. The van der Waals surface area contributed by atoms with Gasteiger partial charge in [-0.25, -0.2) is 4.79 Å². The Morgan fingerprint density at radius 2 is 2.09 bits per heavy atom. The highest BCUT2D eigenvalue weighted by Gasteiger charge is 2.54. The van der Waals surface area contributed by atoms with Gasteiger partial charge in [0.2, 0.25) is 0 Å². The number of carbonyl (C=O) groups is 2. The normalized spacial score (nSPS) is 32.0. The molecule has 2 heterocycles. The van der Waals surface area contributed by atoms with Gasteiger partial charge in [0.1, 0.15) is 18.2 Å². The first-order valence-corrected chi connectivity index (χ1v) is 7.58. The lowest BCUT2D eigenvalue weighted by molar-refractivity contribution is -0.167. The quantitative estimate of drug-likeness (QED) is 0.751. The second kappa shape index (κ2) is 6.14. The maximum atomic E-state index is 12.7. The zero-order chi connectivity index (χ0) is 16.7. The Hall–Kier alpha value is -1.18. The Bertz CT molecular complexity index is 449. The Morgan fingerprint density at radius 3 is 2.64 bits per heavy atom. The third-order valence-electron chi connectivity index (χ3n) is 3.96. The Kier molecular flexibility index (Phi) is 4.79. The Morgan fingerprint density at radius 1 is 1.45 bits per heavy atom. The molecule has 4 atom stereocenters. The second-order valence-electron chi connectivity index (χ2n) is 6.75. The molecule has 1 amide bonds. The van der Waals surface area contributed by atoms with E-state index in [9.17, 15) is 14.7 Å². The van der Waals surface area contributed by atoms with E-state index in [-0.39, 0.29) is 18.4 Å². The number of carbonyl (C=O) groups excluding carboxylic acids is 2. The summed E-state index contributed by atoms with van der Waals surface area (Å²) in [6.07, 6.45) is -2.02. The van der Waals surface area contributed by atoms with Crippen molar-refractivity contribution < 1.29 is 28.9 Å². The fourth-order valence-corrected chi connectivity index (χ4v) is 3.03. The number of nitrogens with zero attached hydrogens (tertiary/aromatic N) is 1. The van der Waals surface area contributed by atoms with Gasteiger partial charge in [0.15, 0.2) is 11.9 Å². The van der Waals surface area contributed by atoms with E-state index in [0.717, 1.165) is 0 Å². The number of rotatable bonds is 4. The number of aliphatic hydroxyl groups is 1. The highest BCUT2D eigenvalue weighted by molar-refractivity contribution is 5.88. The van der Waals surface area contributed by atoms with E-state index < -0.39 is 36.1 Å². The molecule has 2 aliphatic rings. The summed E-state index contributed by atoms with van der Waals surface area (Å²) < 4.78 is 16.0. The molecule has 0 aromatic rings. The lowest BCUT2D eigenvalue weighted by atomic mass is 9.95. The van der Waals surface area contributed by atoms with Gasteiger partial charge < -0.3 is 24.2 Å². The van der Waals surface area contributed by atoms with Crippen LogP contribution < -0.4 is 0 Å². The van der Waals surface area contributed by atoms with Gasteiger partial charge >= 0.3 is 5.97 Å². The van der Waals surface area contributed by atoms with Crippen LogP contribution in [-0.4, -0.2) is 65.7 Å². The topological polar surface area (TPSA) is 85.3 Å². The van der Waals surface area contributed by atoms with Crippen molar-refractivity contribution in [2.24, 2.45) is 5.92 Å². The van der Waals surface area contributed by atoms with E-state index in [1.807, 2.05) is 13.8 Å². The number of likely N-dealkylation sites (tertiary alicyclic amines) is 1. The first-order valence-electron chi connectivity index (χ1n) is 7.58. The van der Waals surface area contributed by atoms with Crippen molar-refractivity contribution in [2.45, 2.75) is 64.3 Å². The number of β-amino-alcohol motifs (C(OH)–C–C–N with tert-alkyl or cyclic N) is 1. The van der Waals surface area contributed by atoms with Crippen LogP contribution in [0.5, 0.6) is 0 Å². The molecule has 22 heavy (non-hydrogen) atoms. The molecule has 0 aromatic carbocycles. The van der Waals surface area contributed by atoms with Crippen LogP contribution in [0.3, 0.4) is 0 Å². The van der Waals surface area contributed by atoms with E-state index in [2.05, 4.69) is 0 Å². The predicted octanol–water partition coefficient (Wildman–Crippen LogP) is 0.297. The van der Waals surface area contributed by atoms with Crippen LogP contribution in [0.4, 0.5) is 0 Å². The van der Waals surface area contributed by atoms with Gasteiger partial charge in [0, 0.05) is 0 Å². The molecule has 0 radical (unpaired) electrons. The fourth-order valence-electron chi connectivity index (χ4n) is 3.03.